The van der Waals surface area contributed by atoms with Crippen molar-refractivity contribution in [3.05, 3.63) is 60.3 Å². The second kappa shape index (κ2) is 5.46. The van der Waals surface area contributed by atoms with E-state index < -0.39 is 0 Å². The largest absolute Gasteiger partial charge is 0.468 e. The fourth-order valence-corrected chi connectivity index (χ4v) is 3.11. The third kappa shape index (κ3) is 2.35. The average Bonchev–Trinajstić information content (AvgIpc) is 3.25. The molecule has 0 radical (unpaired) electrons. The summed E-state index contributed by atoms with van der Waals surface area (Å²) in [6.45, 7) is 5.76. The summed E-state index contributed by atoms with van der Waals surface area (Å²) in [5.74, 6) is 2.13. The monoisotopic (exact) mass is 297 g/mol. The molecular formula is C16H19N5O. The fourth-order valence-electron chi connectivity index (χ4n) is 3.11. The lowest BCUT2D eigenvalue weighted by molar-refractivity contribution is 0.144. The summed E-state index contributed by atoms with van der Waals surface area (Å²) in [7, 11) is 0. The van der Waals surface area contributed by atoms with Crippen LogP contribution in [0, 0.1) is 0 Å². The Labute approximate surface area is 129 Å². The van der Waals surface area contributed by atoms with Crippen molar-refractivity contribution in [2.75, 3.05) is 6.54 Å². The number of aromatic nitrogens is 4. The minimum Gasteiger partial charge on any atom is -0.468 e. The van der Waals surface area contributed by atoms with Gasteiger partial charge in [-0.25, -0.2) is 4.98 Å². The van der Waals surface area contributed by atoms with Gasteiger partial charge in [0.15, 0.2) is 0 Å². The molecule has 3 aromatic heterocycles. The number of furan rings is 1. The standard InChI is InChI=1S/C16H19N5O/c1-13-16-17-10-14(11-20-6-3-5-18-20)21(16)8-7-19(13)12-15-4-2-9-22-15/h2-6,9-10,13H,7-8,11-12H2,1H3/t13-/m1/s1. The lowest BCUT2D eigenvalue weighted by Crippen LogP contribution is -2.37. The first-order valence-electron chi connectivity index (χ1n) is 7.59. The number of imidazole rings is 1. The summed E-state index contributed by atoms with van der Waals surface area (Å²) in [4.78, 5) is 7.05. The van der Waals surface area contributed by atoms with Crippen LogP contribution in [0.1, 0.15) is 30.2 Å². The van der Waals surface area contributed by atoms with Crippen molar-refractivity contribution in [3.63, 3.8) is 0 Å². The Morgan fingerprint density at radius 3 is 3.00 bits per heavy atom. The van der Waals surface area contributed by atoms with Gasteiger partial charge in [0.25, 0.3) is 0 Å². The zero-order valence-corrected chi connectivity index (χ0v) is 12.6. The Morgan fingerprint density at radius 1 is 1.27 bits per heavy atom. The molecule has 0 amide bonds. The normalized spacial score (nSPS) is 18.5. The van der Waals surface area contributed by atoms with E-state index in [1.165, 1.54) is 5.69 Å². The summed E-state index contributed by atoms with van der Waals surface area (Å²) >= 11 is 0. The third-order valence-corrected chi connectivity index (χ3v) is 4.32. The zero-order chi connectivity index (χ0) is 14.9. The van der Waals surface area contributed by atoms with Gasteiger partial charge in [0, 0.05) is 25.5 Å². The first-order chi connectivity index (χ1) is 10.8. The quantitative estimate of drug-likeness (QED) is 0.741. The molecule has 0 unspecified atom stereocenters. The molecule has 1 atom stereocenters. The zero-order valence-electron chi connectivity index (χ0n) is 12.6. The fraction of sp³-hybridized carbons (Fsp3) is 0.375. The molecule has 0 aliphatic carbocycles. The highest BCUT2D eigenvalue weighted by molar-refractivity contribution is 5.12. The van der Waals surface area contributed by atoms with Gasteiger partial charge in [0.05, 0.1) is 37.3 Å². The van der Waals surface area contributed by atoms with Gasteiger partial charge in [-0.3, -0.25) is 9.58 Å². The van der Waals surface area contributed by atoms with Crippen LogP contribution in [0.3, 0.4) is 0 Å². The van der Waals surface area contributed by atoms with Crippen LogP contribution in [0.4, 0.5) is 0 Å². The van der Waals surface area contributed by atoms with Crippen LogP contribution >= 0.6 is 0 Å². The number of nitrogens with zero attached hydrogens (tertiary/aromatic N) is 5. The van der Waals surface area contributed by atoms with Crippen molar-refractivity contribution >= 4 is 0 Å². The van der Waals surface area contributed by atoms with Crippen molar-refractivity contribution in [1.82, 2.24) is 24.2 Å². The SMILES string of the molecule is C[C@@H]1c2ncc(Cn3cccn3)n2CCN1Cc1ccco1. The minimum absolute atomic E-state index is 0.283. The molecule has 4 heterocycles. The second-order valence-corrected chi connectivity index (χ2v) is 5.69. The van der Waals surface area contributed by atoms with Gasteiger partial charge in [0.2, 0.25) is 0 Å². The van der Waals surface area contributed by atoms with Crippen molar-refractivity contribution < 1.29 is 4.42 Å². The Balaban J connectivity index is 1.54. The van der Waals surface area contributed by atoms with E-state index in [-0.39, 0.29) is 6.04 Å². The van der Waals surface area contributed by atoms with Crippen molar-refractivity contribution in [1.29, 1.82) is 0 Å². The molecule has 0 saturated heterocycles. The van der Waals surface area contributed by atoms with Gasteiger partial charge >= 0.3 is 0 Å². The van der Waals surface area contributed by atoms with Gasteiger partial charge < -0.3 is 8.98 Å². The number of rotatable bonds is 4. The molecular weight excluding hydrogens is 278 g/mol. The molecule has 6 nitrogen and oxygen atoms in total. The van der Waals surface area contributed by atoms with Crippen molar-refractivity contribution in [3.8, 4) is 0 Å². The van der Waals surface area contributed by atoms with E-state index in [2.05, 4.69) is 26.5 Å². The lowest BCUT2D eigenvalue weighted by atomic mass is 10.2. The van der Waals surface area contributed by atoms with E-state index in [0.717, 1.165) is 37.8 Å². The molecule has 0 bridgehead atoms. The molecule has 0 aromatic carbocycles. The summed E-state index contributed by atoms with van der Waals surface area (Å²) in [6.07, 6.45) is 7.49. The first-order valence-corrected chi connectivity index (χ1v) is 7.59. The van der Waals surface area contributed by atoms with E-state index in [1.807, 2.05) is 35.3 Å². The Morgan fingerprint density at radius 2 is 2.23 bits per heavy atom. The van der Waals surface area contributed by atoms with Gasteiger partial charge in [-0.2, -0.15) is 5.10 Å². The van der Waals surface area contributed by atoms with Crippen LogP contribution in [-0.4, -0.2) is 30.8 Å². The topological polar surface area (TPSA) is 52.0 Å². The maximum atomic E-state index is 5.47. The summed E-state index contributed by atoms with van der Waals surface area (Å²) in [6, 6.07) is 6.19. The van der Waals surface area contributed by atoms with E-state index in [4.69, 9.17) is 4.42 Å². The van der Waals surface area contributed by atoms with Crippen LogP contribution < -0.4 is 0 Å². The maximum Gasteiger partial charge on any atom is 0.126 e. The molecule has 0 saturated carbocycles. The summed E-state index contributed by atoms with van der Waals surface area (Å²) in [5.41, 5.74) is 1.21. The van der Waals surface area contributed by atoms with Gasteiger partial charge in [0.1, 0.15) is 11.6 Å². The highest BCUT2D eigenvalue weighted by Crippen LogP contribution is 2.27. The van der Waals surface area contributed by atoms with Crippen LogP contribution in [0.25, 0.3) is 0 Å². The molecule has 1 aliphatic heterocycles. The summed E-state index contributed by atoms with van der Waals surface area (Å²) < 4.78 is 9.73. The first kappa shape index (κ1) is 13.3. The lowest BCUT2D eigenvalue weighted by Gasteiger charge is -2.33. The Kier molecular flexibility index (Phi) is 3.31. The van der Waals surface area contributed by atoms with Crippen LogP contribution in [0.15, 0.2) is 47.5 Å². The molecule has 1 aliphatic rings. The average molecular weight is 297 g/mol. The van der Waals surface area contributed by atoms with E-state index in [1.54, 1.807) is 12.5 Å². The summed E-state index contributed by atoms with van der Waals surface area (Å²) in [5, 5.41) is 4.28. The number of hydrogen-bond donors (Lipinski definition) is 0. The second-order valence-electron chi connectivity index (χ2n) is 5.69. The third-order valence-electron chi connectivity index (χ3n) is 4.32. The molecule has 22 heavy (non-hydrogen) atoms. The van der Waals surface area contributed by atoms with Gasteiger partial charge in [-0.15, -0.1) is 0 Å². The molecule has 114 valence electrons. The number of fused-ring (bicyclic) bond motifs is 1. The van der Waals surface area contributed by atoms with Crippen LogP contribution in [0.2, 0.25) is 0 Å². The van der Waals surface area contributed by atoms with E-state index in [0.29, 0.717) is 0 Å². The Hall–Kier alpha value is -2.34. The Bertz CT molecular complexity index is 729. The predicted molar refractivity (Wildman–Crippen MR) is 81.1 cm³/mol. The van der Waals surface area contributed by atoms with E-state index in [9.17, 15) is 0 Å². The maximum absolute atomic E-state index is 5.47. The highest BCUT2D eigenvalue weighted by Gasteiger charge is 2.27. The van der Waals surface area contributed by atoms with Crippen LogP contribution in [0.5, 0.6) is 0 Å². The van der Waals surface area contributed by atoms with E-state index >= 15 is 0 Å². The molecule has 0 fully saturated rings. The smallest absolute Gasteiger partial charge is 0.126 e. The minimum atomic E-state index is 0.283. The molecule has 3 aromatic rings. The molecule has 6 heteroatoms. The van der Waals surface area contributed by atoms with Crippen LogP contribution in [-0.2, 0) is 19.6 Å². The van der Waals surface area contributed by atoms with Gasteiger partial charge in [-0.1, -0.05) is 0 Å². The molecule has 4 rings (SSSR count). The van der Waals surface area contributed by atoms with Gasteiger partial charge in [-0.05, 0) is 25.1 Å². The predicted octanol–water partition coefficient (Wildman–Crippen LogP) is 2.30. The number of hydrogen-bond acceptors (Lipinski definition) is 4. The molecule has 0 N–H and O–H groups in total. The van der Waals surface area contributed by atoms with Crippen molar-refractivity contribution in [2.45, 2.75) is 32.6 Å². The highest BCUT2D eigenvalue weighted by atomic mass is 16.3. The molecule has 0 spiro atoms. The van der Waals surface area contributed by atoms with Crippen molar-refractivity contribution in [2.24, 2.45) is 0 Å².